The maximum absolute atomic E-state index is 11.6. The highest BCUT2D eigenvalue weighted by atomic mass is 28.1. The molecule has 0 aromatic carbocycles. The van der Waals surface area contributed by atoms with Crippen LogP contribution in [0.1, 0.15) is 12.8 Å². The van der Waals surface area contributed by atoms with E-state index in [-0.39, 0.29) is 30.2 Å². The highest BCUT2D eigenvalue weighted by Gasteiger charge is 2.61. The molecule has 3 aliphatic heterocycles. The van der Waals surface area contributed by atoms with Crippen molar-refractivity contribution in [2.45, 2.75) is 37.2 Å². The number of carbonyl (C=O) groups is 1. The van der Waals surface area contributed by atoms with Crippen molar-refractivity contribution in [1.29, 1.82) is 0 Å². The Hall–Kier alpha value is -0.393. The summed E-state index contributed by atoms with van der Waals surface area (Å²) in [4.78, 5) is 11.6. The van der Waals surface area contributed by atoms with Crippen LogP contribution in [-0.2, 0) is 19.0 Å². The van der Waals surface area contributed by atoms with Gasteiger partial charge in [0.25, 0.3) is 0 Å². The molecule has 3 saturated heterocycles. The van der Waals surface area contributed by atoms with E-state index in [2.05, 4.69) is 0 Å². The zero-order valence-corrected chi connectivity index (χ0v) is 11.6. The molecule has 0 aliphatic carbocycles. The minimum absolute atomic E-state index is 0.0286. The fourth-order valence-corrected chi connectivity index (χ4v) is 3.40. The third kappa shape index (κ3) is 1.53. The fraction of sp³-hybridized carbons (Fsp3) is 0.909. The number of rotatable bonds is 4. The molecule has 3 aliphatic rings. The smallest absolute Gasteiger partial charge is 0.312 e. The summed E-state index contributed by atoms with van der Waals surface area (Å²) >= 11 is 0. The Morgan fingerprint density at radius 3 is 3.19 bits per heavy atom. The van der Waals surface area contributed by atoms with Crippen molar-refractivity contribution in [3.8, 4) is 0 Å². The predicted molar refractivity (Wildman–Crippen MR) is 60.3 cm³/mol. The summed E-state index contributed by atoms with van der Waals surface area (Å²) in [6.45, 7) is 1.37. The molecule has 16 heavy (non-hydrogen) atoms. The van der Waals surface area contributed by atoms with Gasteiger partial charge in [-0.25, -0.2) is 0 Å². The van der Waals surface area contributed by atoms with Gasteiger partial charge in [-0.15, -0.1) is 0 Å². The number of esters is 1. The van der Waals surface area contributed by atoms with Gasteiger partial charge in [0.2, 0.25) is 0 Å². The van der Waals surface area contributed by atoms with Crippen LogP contribution in [0.25, 0.3) is 0 Å². The monoisotopic (exact) mass is 242 g/mol. The van der Waals surface area contributed by atoms with E-state index < -0.39 is 0 Å². The number of carbonyl (C=O) groups excluding carboxylic acids is 1. The van der Waals surface area contributed by atoms with E-state index in [1.165, 1.54) is 16.3 Å². The maximum atomic E-state index is 11.6. The summed E-state index contributed by atoms with van der Waals surface area (Å²) in [5.41, 5.74) is 0. The topological polar surface area (TPSA) is 44.8 Å². The van der Waals surface area contributed by atoms with E-state index in [0.29, 0.717) is 12.5 Å². The molecule has 0 saturated carbocycles. The molecule has 0 amide bonds. The fourth-order valence-electron chi connectivity index (χ4n) is 3.11. The molecule has 4 nitrogen and oxygen atoms in total. The van der Waals surface area contributed by atoms with E-state index in [4.69, 9.17) is 14.2 Å². The molecular formula is C11H18O4Si. The van der Waals surface area contributed by atoms with Gasteiger partial charge >= 0.3 is 5.97 Å². The first kappa shape index (κ1) is 10.7. The van der Waals surface area contributed by atoms with Crippen LogP contribution >= 0.6 is 0 Å². The van der Waals surface area contributed by atoms with Crippen LogP contribution < -0.4 is 0 Å². The molecule has 3 heterocycles. The van der Waals surface area contributed by atoms with Gasteiger partial charge in [0, 0.05) is 29.2 Å². The first-order valence-corrected chi connectivity index (χ1v) is 7.66. The molecule has 0 spiro atoms. The van der Waals surface area contributed by atoms with Gasteiger partial charge in [-0.3, -0.25) is 4.79 Å². The summed E-state index contributed by atoms with van der Waals surface area (Å²) in [6.07, 6.45) is 2.38. The van der Waals surface area contributed by atoms with Gasteiger partial charge in [0.1, 0.15) is 0 Å². The Morgan fingerprint density at radius 2 is 2.38 bits per heavy atom. The Morgan fingerprint density at radius 1 is 1.50 bits per heavy atom. The first-order chi connectivity index (χ1) is 7.81. The van der Waals surface area contributed by atoms with Crippen LogP contribution in [0.15, 0.2) is 0 Å². The Balaban J connectivity index is 1.62. The van der Waals surface area contributed by atoms with Gasteiger partial charge in [-0.2, -0.15) is 0 Å². The number of hydrogen-bond acceptors (Lipinski definition) is 4. The highest BCUT2D eigenvalue weighted by Crippen LogP contribution is 2.48. The molecule has 0 radical (unpaired) electrons. The largest absolute Gasteiger partial charge is 0.465 e. The van der Waals surface area contributed by atoms with E-state index in [9.17, 15) is 4.79 Å². The van der Waals surface area contributed by atoms with Gasteiger partial charge in [0.15, 0.2) is 0 Å². The lowest BCUT2D eigenvalue weighted by molar-refractivity contribution is -0.145. The third-order valence-electron chi connectivity index (χ3n) is 3.98. The predicted octanol–water partition coefficient (Wildman–Crippen LogP) is -0.494. The molecule has 3 fully saturated rings. The van der Waals surface area contributed by atoms with Crippen LogP contribution in [-0.4, -0.2) is 47.7 Å². The van der Waals surface area contributed by atoms with Crippen LogP contribution in [0.5, 0.6) is 0 Å². The lowest BCUT2D eigenvalue weighted by atomic mass is 9.80. The van der Waals surface area contributed by atoms with Gasteiger partial charge in [0.05, 0.1) is 30.8 Å². The van der Waals surface area contributed by atoms with Gasteiger partial charge in [-0.05, 0) is 6.42 Å². The van der Waals surface area contributed by atoms with Crippen molar-refractivity contribution < 1.29 is 19.0 Å². The third-order valence-corrected chi connectivity index (χ3v) is 4.68. The number of hydrogen-bond donors (Lipinski definition) is 0. The summed E-state index contributed by atoms with van der Waals surface area (Å²) in [7, 11) is 1.24. The van der Waals surface area contributed by atoms with Crippen LogP contribution in [0.3, 0.4) is 0 Å². The molecule has 0 N–H and O–H groups in total. The summed E-state index contributed by atoms with van der Waals surface area (Å²) < 4.78 is 16.8. The van der Waals surface area contributed by atoms with Crippen molar-refractivity contribution in [3.63, 3.8) is 0 Å². The summed E-state index contributed by atoms with van der Waals surface area (Å²) in [5, 5.41) is 0. The lowest BCUT2D eigenvalue weighted by Crippen LogP contribution is -2.39. The zero-order valence-electron chi connectivity index (χ0n) is 9.56. The quantitative estimate of drug-likeness (QED) is 0.379. The standard InChI is InChI=1S/C11H18O4Si/c12-11-9-6(5-14-11)7-4-8(10(9)15-7)13-2-1-3-16/h6-10H,1-5H2,16H3. The first-order valence-electron chi connectivity index (χ1n) is 6.25. The molecule has 2 bridgehead atoms. The minimum Gasteiger partial charge on any atom is -0.465 e. The number of ether oxygens (including phenoxy) is 3. The van der Waals surface area contributed by atoms with Crippen molar-refractivity contribution in [3.05, 3.63) is 0 Å². The van der Waals surface area contributed by atoms with Crippen molar-refractivity contribution in [1.82, 2.24) is 0 Å². The molecule has 0 aromatic heterocycles. The zero-order chi connectivity index (χ0) is 11.1. The molecule has 5 heteroatoms. The number of cyclic esters (lactones) is 1. The SMILES string of the molecule is O=C1OCC2C3CC(OCCC[SiH3])C(O3)C12. The van der Waals surface area contributed by atoms with E-state index in [1.807, 2.05) is 0 Å². The van der Waals surface area contributed by atoms with Crippen LogP contribution in [0.4, 0.5) is 0 Å². The second kappa shape index (κ2) is 4.12. The van der Waals surface area contributed by atoms with Crippen molar-refractivity contribution >= 4 is 16.2 Å². The van der Waals surface area contributed by atoms with E-state index in [0.717, 1.165) is 19.4 Å². The normalized spacial score (nSPS) is 45.0. The maximum Gasteiger partial charge on any atom is 0.312 e. The molecule has 0 aromatic rings. The lowest BCUT2D eigenvalue weighted by Gasteiger charge is -2.24. The number of fused-ring (bicyclic) bond motifs is 5. The molecule has 5 unspecified atom stereocenters. The van der Waals surface area contributed by atoms with Crippen LogP contribution in [0, 0.1) is 11.8 Å². The second-order valence-corrected chi connectivity index (χ2v) is 5.96. The molecule has 90 valence electrons. The van der Waals surface area contributed by atoms with Crippen LogP contribution in [0.2, 0.25) is 6.04 Å². The average Bonchev–Trinajstić information content (AvgIpc) is 2.91. The van der Waals surface area contributed by atoms with Gasteiger partial charge < -0.3 is 14.2 Å². The van der Waals surface area contributed by atoms with Gasteiger partial charge in [-0.1, -0.05) is 6.04 Å². The summed E-state index contributed by atoms with van der Waals surface area (Å²) in [6, 6.07) is 1.27. The Labute approximate surface area is 98.0 Å². The molecule has 5 atom stereocenters. The Kier molecular flexibility index (Phi) is 2.77. The van der Waals surface area contributed by atoms with Crippen molar-refractivity contribution in [2.75, 3.05) is 13.2 Å². The minimum atomic E-state index is -0.0753. The average molecular weight is 242 g/mol. The highest BCUT2D eigenvalue weighted by molar-refractivity contribution is 6.08. The van der Waals surface area contributed by atoms with Crippen molar-refractivity contribution in [2.24, 2.45) is 11.8 Å². The Bertz CT molecular complexity index is 296. The molecular weight excluding hydrogens is 224 g/mol. The summed E-state index contributed by atoms with van der Waals surface area (Å²) in [5.74, 6) is 0.185. The molecule has 3 rings (SSSR count). The van der Waals surface area contributed by atoms with E-state index >= 15 is 0 Å². The second-order valence-electron chi connectivity index (χ2n) is 4.96. The van der Waals surface area contributed by atoms with E-state index in [1.54, 1.807) is 0 Å².